The van der Waals surface area contributed by atoms with Crippen LogP contribution in [0.25, 0.3) is 0 Å². The Labute approximate surface area is 194 Å². The van der Waals surface area contributed by atoms with Crippen LogP contribution >= 0.6 is 0 Å². The Morgan fingerprint density at radius 2 is 1.56 bits per heavy atom. The monoisotopic (exact) mass is 492 g/mol. The van der Waals surface area contributed by atoms with Gasteiger partial charge in [0.1, 0.15) is 0 Å². The van der Waals surface area contributed by atoms with E-state index in [9.17, 15) is 31.1 Å². The fraction of sp³-hybridized carbons (Fsp3) is 0.708. The molecule has 34 heavy (non-hydrogen) atoms. The lowest BCUT2D eigenvalue weighted by atomic mass is 9.74. The number of hydrogen-bond acceptors (Lipinski definition) is 3. The van der Waals surface area contributed by atoms with Crippen LogP contribution in [-0.2, 0) is 28.4 Å². The van der Waals surface area contributed by atoms with Gasteiger partial charge in [-0.15, -0.1) is 0 Å². The van der Waals surface area contributed by atoms with Gasteiger partial charge in [-0.25, -0.2) is 0 Å². The first-order valence-corrected chi connectivity index (χ1v) is 11.7. The van der Waals surface area contributed by atoms with Crippen molar-refractivity contribution in [2.24, 2.45) is 11.3 Å². The third-order valence-electron chi connectivity index (χ3n) is 7.68. The van der Waals surface area contributed by atoms with Gasteiger partial charge in [-0.2, -0.15) is 26.3 Å². The van der Waals surface area contributed by atoms with E-state index in [4.69, 9.17) is 4.74 Å². The second-order valence-electron chi connectivity index (χ2n) is 10.3. The van der Waals surface area contributed by atoms with Crippen LogP contribution in [0, 0.1) is 11.3 Å². The van der Waals surface area contributed by atoms with E-state index in [-0.39, 0.29) is 29.5 Å². The van der Waals surface area contributed by atoms with Gasteiger partial charge in [0.05, 0.1) is 28.7 Å². The van der Waals surface area contributed by atoms with Crippen molar-refractivity contribution in [1.29, 1.82) is 0 Å². The fourth-order valence-corrected chi connectivity index (χ4v) is 5.75. The van der Waals surface area contributed by atoms with Gasteiger partial charge in [-0.3, -0.25) is 4.79 Å². The van der Waals surface area contributed by atoms with Gasteiger partial charge in [0.2, 0.25) is 5.91 Å². The Bertz CT molecular complexity index is 867. The Balaban J connectivity index is 1.43. The number of fused-ring (bicyclic) bond motifs is 2. The molecule has 2 aliphatic heterocycles. The standard InChI is InChI=1S/C24H30F6N2O2/c1-13(2)22(4-3-17(11-22)32-18-8-19-10-20(9-18)34-19)21(33)31-12-14-5-15(23(25,26)27)7-16(6-14)24(28,29)30/h5-7,13,17-20,32H,3-4,8-12H2,1-2H3,(H,31,33)/t17-,18?,19?,20?,22+/m1/s1. The third-order valence-corrected chi connectivity index (χ3v) is 7.68. The molecule has 2 bridgehead atoms. The number of carbonyl (C=O) groups is 1. The maximum absolute atomic E-state index is 13.2. The van der Waals surface area contributed by atoms with E-state index in [0.717, 1.165) is 25.7 Å². The summed E-state index contributed by atoms with van der Waals surface area (Å²) in [6, 6.07) is 1.90. The summed E-state index contributed by atoms with van der Waals surface area (Å²) < 4.78 is 84.5. The van der Waals surface area contributed by atoms with E-state index in [2.05, 4.69) is 10.6 Å². The summed E-state index contributed by atoms with van der Waals surface area (Å²) in [4.78, 5) is 13.2. The molecule has 190 valence electrons. The summed E-state index contributed by atoms with van der Waals surface area (Å²) in [5.41, 5.74) is -3.72. The zero-order valence-electron chi connectivity index (χ0n) is 19.2. The first kappa shape index (κ1) is 25.3. The molecule has 2 N–H and O–H groups in total. The zero-order chi connectivity index (χ0) is 24.9. The smallest absolute Gasteiger partial charge is 0.375 e. The van der Waals surface area contributed by atoms with Crippen molar-refractivity contribution in [2.45, 2.75) is 95.6 Å². The maximum Gasteiger partial charge on any atom is 0.416 e. The molecule has 1 amide bonds. The van der Waals surface area contributed by atoms with Crippen molar-refractivity contribution in [1.82, 2.24) is 10.6 Å². The Morgan fingerprint density at radius 3 is 2.06 bits per heavy atom. The number of alkyl halides is 6. The van der Waals surface area contributed by atoms with E-state index in [1.54, 1.807) is 0 Å². The van der Waals surface area contributed by atoms with Crippen molar-refractivity contribution < 1.29 is 35.9 Å². The van der Waals surface area contributed by atoms with E-state index in [1.165, 1.54) is 0 Å². The van der Waals surface area contributed by atoms with E-state index < -0.39 is 35.4 Å². The minimum atomic E-state index is -4.92. The molecular formula is C24H30F6N2O2. The van der Waals surface area contributed by atoms with Crippen LogP contribution in [0.4, 0.5) is 26.3 Å². The zero-order valence-corrected chi connectivity index (χ0v) is 19.2. The molecule has 4 atom stereocenters. The molecule has 4 fully saturated rings. The molecule has 4 nitrogen and oxygen atoms in total. The van der Waals surface area contributed by atoms with Gasteiger partial charge < -0.3 is 15.4 Å². The lowest BCUT2D eigenvalue weighted by molar-refractivity contribution is -0.165. The molecule has 5 rings (SSSR count). The van der Waals surface area contributed by atoms with E-state index in [0.29, 0.717) is 43.2 Å². The molecule has 0 spiro atoms. The molecular weight excluding hydrogens is 462 g/mol. The summed E-state index contributed by atoms with van der Waals surface area (Å²) >= 11 is 0. The Morgan fingerprint density at radius 1 is 1.00 bits per heavy atom. The molecule has 2 aliphatic carbocycles. The number of carbonyl (C=O) groups excluding carboxylic acids is 1. The van der Waals surface area contributed by atoms with Gasteiger partial charge in [-0.05, 0) is 68.2 Å². The predicted octanol–water partition coefficient (Wildman–Crippen LogP) is 5.44. The van der Waals surface area contributed by atoms with Crippen LogP contribution in [0.1, 0.15) is 69.1 Å². The maximum atomic E-state index is 13.2. The summed E-state index contributed by atoms with van der Waals surface area (Å²) in [6.45, 7) is 3.46. The van der Waals surface area contributed by atoms with Crippen LogP contribution in [0.15, 0.2) is 18.2 Å². The van der Waals surface area contributed by atoms with Crippen molar-refractivity contribution in [3.8, 4) is 0 Å². The summed E-state index contributed by atoms with van der Waals surface area (Å²) in [6.07, 6.45) is -4.24. The van der Waals surface area contributed by atoms with Crippen molar-refractivity contribution >= 4 is 5.91 Å². The highest BCUT2D eigenvalue weighted by Crippen LogP contribution is 2.46. The van der Waals surface area contributed by atoms with Crippen LogP contribution in [0.2, 0.25) is 0 Å². The number of nitrogens with one attached hydrogen (secondary N) is 2. The van der Waals surface area contributed by atoms with Gasteiger partial charge >= 0.3 is 12.4 Å². The van der Waals surface area contributed by atoms with Crippen LogP contribution < -0.4 is 10.6 Å². The second-order valence-corrected chi connectivity index (χ2v) is 10.3. The average molecular weight is 493 g/mol. The van der Waals surface area contributed by atoms with Crippen molar-refractivity contribution in [3.63, 3.8) is 0 Å². The quantitative estimate of drug-likeness (QED) is 0.520. The van der Waals surface area contributed by atoms with Gasteiger partial charge in [-0.1, -0.05) is 13.8 Å². The highest BCUT2D eigenvalue weighted by Gasteiger charge is 2.49. The molecule has 0 aromatic heterocycles. The molecule has 1 aromatic rings. The Hall–Kier alpha value is -1.81. The van der Waals surface area contributed by atoms with Gasteiger partial charge in [0.25, 0.3) is 0 Å². The highest BCUT2D eigenvalue weighted by molar-refractivity contribution is 5.83. The summed E-state index contributed by atoms with van der Waals surface area (Å²) in [5.74, 6) is -0.359. The predicted molar refractivity (Wildman–Crippen MR) is 113 cm³/mol. The number of rotatable bonds is 6. The van der Waals surface area contributed by atoms with Gasteiger partial charge in [0.15, 0.2) is 0 Å². The number of hydrogen-bond donors (Lipinski definition) is 2. The minimum absolute atomic E-state index is 0.0327. The van der Waals surface area contributed by atoms with Crippen LogP contribution in [-0.4, -0.2) is 30.2 Å². The van der Waals surface area contributed by atoms with Crippen molar-refractivity contribution in [2.75, 3.05) is 0 Å². The molecule has 2 saturated heterocycles. The van der Waals surface area contributed by atoms with Crippen LogP contribution in [0.3, 0.4) is 0 Å². The second kappa shape index (κ2) is 9.00. The molecule has 4 aliphatic rings. The normalized spacial score (nSPS) is 31.4. The van der Waals surface area contributed by atoms with Crippen molar-refractivity contribution in [3.05, 3.63) is 34.9 Å². The SMILES string of the molecule is CC(C)[C@]1(C(=O)NCc2cc(C(F)(F)F)cc(C(F)(F)F)c2)CC[C@@H](NC2CC3CC(C2)O3)C1. The highest BCUT2D eigenvalue weighted by atomic mass is 19.4. The first-order chi connectivity index (χ1) is 15.8. The molecule has 1 aromatic carbocycles. The third kappa shape index (κ3) is 5.22. The summed E-state index contributed by atoms with van der Waals surface area (Å²) in [5, 5.41) is 6.29. The van der Waals surface area contributed by atoms with E-state index in [1.807, 2.05) is 13.8 Å². The average Bonchev–Trinajstić information content (AvgIpc) is 3.15. The Kier molecular flexibility index (Phi) is 6.70. The van der Waals surface area contributed by atoms with E-state index >= 15 is 0 Å². The molecule has 2 heterocycles. The largest absolute Gasteiger partial charge is 0.416 e. The number of ether oxygens (including phenoxy) is 1. The lowest BCUT2D eigenvalue weighted by Crippen LogP contribution is -2.54. The first-order valence-electron chi connectivity index (χ1n) is 11.7. The molecule has 0 radical (unpaired) electrons. The number of halogens is 6. The number of amides is 1. The molecule has 2 unspecified atom stereocenters. The molecule has 10 heteroatoms. The van der Waals surface area contributed by atoms with Crippen LogP contribution in [0.5, 0.6) is 0 Å². The fourth-order valence-electron chi connectivity index (χ4n) is 5.75. The topological polar surface area (TPSA) is 50.4 Å². The summed E-state index contributed by atoms with van der Waals surface area (Å²) in [7, 11) is 0. The number of benzene rings is 1. The minimum Gasteiger partial charge on any atom is -0.375 e. The molecule has 2 saturated carbocycles. The lowest BCUT2D eigenvalue weighted by Gasteiger charge is -2.46. The van der Waals surface area contributed by atoms with Gasteiger partial charge in [0, 0.05) is 18.6 Å².